The van der Waals surface area contributed by atoms with E-state index < -0.39 is 12.1 Å². The lowest BCUT2D eigenvalue weighted by atomic mass is 10.0. The minimum atomic E-state index is -0.678. The van der Waals surface area contributed by atoms with E-state index in [0.29, 0.717) is 24.6 Å². The Labute approximate surface area is 190 Å². The van der Waals surface area contributed by atoms with Crippen LogP contribution in [-0.2, 0) is 17.6 Å². The van der Waals surface area contributed by atoms with Crippen LogP contribution in [0.5, 0.6) is 0 Å². The van der Waals surface area contributed by atoms with Crippen LogP contribution < -0.4 is 16.0 Å². The number of nitrogens with one attached hydrogen (secondary N) is 3. The molecule has 166 valence electrons. The van der Waals surface area contributed by atoms with Crippen molar-refractivity contribution in [3.05, 3.63) is 102 Å². The highest BCUT2D eigenvalue weighted by Crippen LogP contribution is 2.17. The summed E-state index contributed by atoms with van der Waals surface area (Å²) in [6, 6.07) is 26.4. The van der Waals surface area contributed by atoms with Gasteiger partial charge < -0.3 is 16.0 Å². The lowest BCUT2D eigenvalue weighted by Gasteiger charge is -2.19. The molecule has 0 aliphatic carbocycles. The topological polar surface area (TPSA) is 70.2 Å². The van der Waals surface area contributed by atoms with Crippen molar-refractivity contribution in [3.63, 3.8) is 0 Å². The summed E-state index contributed by atoms with van der Waals surface area (Å²) in [4.78, 5) is 25.5. The minimum Gasteiger partial charge on any atom is -0.354 e. The second-order valence-electron chi connectivity index (χ2n) is 8.14. The summed E-state index contributed by atoms with van der Waals surface area (Å²) in [5, 5.41) is 8.63. The van der Waals surface area contributed by atoms with Gasteiger partial charge >= 0.3 is 6.03 Å². The van der Waals surface area contributed by atoms with E-state index in [1.807, 2.05) is 84.9 Å². The molecule has 3 rings (SSSR count). The van der Waals surface area contributed by atoms with E-state index in [2.05, 4.69) is 29.8 Å². The molecule has 0 saturated heterocycles. The number of rotatable bonds is 9. The SMILES string of the molecule is CC(C)c1ccc(NC(=O)NC(Cc2ccccc2)C(=O)NCCc2ccccc2)cc1. The van der Waals surface area contributed by atoms with Crippen LogP contribution in [-0.4, -0.2) is 24.5 Å². The fourth-order valence-corrected chi connectivity index (χ4v) is 3.43. The van der Waals surface area contributed by atoms with E-state index in [1.54, 1.807) is 0 Å². The van der Waals surface area contributed by atoms with Crippen LogP contribution in [0.1, 0.15) is 36.5 Å². The molecule has 0 saturated carbocycles. The van der Waals surface area contributed by atoms with Crippen molar-refractivity contribution in [2.45, 2.75) is 38.6 Å². The fraction of sp³-hybridized carbons (Fsp3) is 0.259. The van der Waals surface area contributed by atoms with Gasteiger partial charge in [0.2, 0.25) is 5.91 Å². The first-order chi connectivity index (χ1) is 15.5. The molecule has 0 aromatic heterocycles. The molecule has 3 aromatic carbocycles. The normalized spacial score (nSPS) is 11.6. The van der Waals surface area contributed by atoms with Gasteiger partial charge in [0, 0.05) is 18.7 Å². The van der Waals surface area contributed by atoms with Gasteiger partial charge in [0.25, 0.3) is 0 Å². The molecule has 0 aliphatic rings. The Morgan fingerprint density at radius 1 is 0.781 bits per heavy atom. The van der Waals surface area contributed by atoms with Crippen LogP contribution in [0.4, 0.5) is 10.5 Å². The summed E-state index contributed by atoms with van der Waals surface area (Å²) in [7, 11) is 0. The second-order valence-corrected chi connectivity index (χ2v) is 8.14. The quantitative estimate of drug-likeness (QED) is 0.453. The lowest BCUT2D eigenvalue weighted by Crippen LogP contribution is -2.49. The number of carbonyl (C=O) groups excluding carboxylic acids is 2. The molecular weight excluding hydrogens is 398 g/mol. The number of carbonyl (C=O) groups is 2. The van der Waals surface area contributed by atoms with Gasteiger partial charge in [-0.1, -0.05) is 86.6 Å². The molecular formula is C27H31N3O2. The number of urea groups is 1. The molecule has 0 bridgehead atoms. The number of anilines is 1. The molecule has 1 atom stereocenters. The zero-order valence-electron chi connectivity index (χ0n) is 18.7. The highest BCUT2D eigenvalue weighted by molar-refractivity contribution is 5.93. The van der Waals surface area contributed by atoms with Crippen LogP contribution in [0.3, 0.4) is 0 Å². The largest absolute Gasteiger partial charge is 0.354 e. The average molecular weight is 430 g/mol. The molecule has 1 unspecified atom stereocenters. The van der Waals surface area contributed by atoms with Crippen molar-refractivity contribution in [3.8, 4) is 0 Å². The lowest BCUT2D eigenvalue weighted by molar-refractivity contribution is -0.122. The summed E-state index contributed by atoms with van der Waals surface area (Å²) >= 11 is 0. The Balaban J connectivity index is 1.60. The molecule has 0 radical (unpaired) electrons. The average Bonchev–Trinajstić information content (AvgIpc) is 2.80. The molecule has 5 nitrogen and oxygen atoms in total. The Hall–Kier alpha value is -3.60. The minimum absolute atomic E-state index is 0.199. The number of hydrogen-bond acceptors (Lipinski definition) is 2. The summed E-state index contributed by atoms with van der Waals surface area (Å²) in [6.07, 6.45) is 1.15. The third-order valence-corrected chi connectivity index (χ3v) is 5.30. The van der Waals surface area contributed by atoms with Gasteiger partial charge in [0.05, 0.1) is 0 Å². The third kappa shape index (κ3) is 7.27. The van der Waals surface area contributed by atoms with E-state index in [-0.39, 0.29) is 5.91 Å². The molecule has 0 spiro atoms. The molecule has 32 heavy (non-hydrogen) atoms. The second kappa shape index (κ2) is 11.7. The summed E-state index contributed by atoms with van der Waals surface area (Å²) in [5.74, 6) is 0.225. The van der Waals surface area contributed by atoms with Crippen molar-refractivity contribution >= 4 is 17.6 Å². The number of amides is 3. The van der Waals surface area contributed by atoms with E-state index in [0.717, 1.165) is 17.5 Å². The summed E-state index contributed by atoms with van der Waals surface area (Å²) in [5.41, 5.74) is 4.03. The standard InChI is InChI=1S/C27H31N3O2/c1-20(2)23-13-15-24(16-14-23)29-27(32)30-25(19-22-11-7-4-8-12-22)26(31)28-18-17-21-9-5-3-6-10-21/h3-16,20,25H,17-19H2,1-2H3,(H,28,31)(H2,29,30,32). The number of benzene rings is 3. The Bertz CT molecular complexity index is 986. The van der Waals surface area contributed by atoms with Crippen molar-refractivity contribution in [2.24, 2.45) is 0 Å². The van der Waals surface area contributed by atoms with E-state index >= 15 is 0 Å². The molecule has 3 aromatic rings. The van der Waals surface area contributed by atoms with Crippen molar-refractivity contribution in [2.75, 3.05) is 11.9 Å². The first-order valence-corrected chi connectivity index (χ1v) is 11.0. The summed E-state index contributed by atoms with van der Waals surface area (Å²) < 4.78 is 0. The Morgan fingerprint density at radius 2 is 1.38 bits per heavy atom. The van der Waals surface area contributed by atoms with E-state index in [9.17, 15) is 9.59 Å². The van der Waals surface area contributed by atoms with Gasteiger partial charge in [-0.3, -0.25) is 4.79 Å². The monoisotopic (exact) mass is 429 g/mol. The Morgan fingerprint density at radius 3 is 1.97 bits per heavy atom. The highest BCUT2D eigenvalue weighted by atomic mass is 16.2. The van der Waals surface area contributed by atoms with Crippen LogP contribution in [0.15, 0.2) is 84.9 Å². The smallest absolute Gasteiger partial charge is 0.319 e. The summed E-state index contributed by atoms with van der Waals surface area (Å²) in [6.45, 7) is 4.76. The van der Waals surface area contributed by atoms with Crippen molar-refractivity contribution in [1.29, 1.82) is 0 Å². The van der Waals surface area contributed by atoms with Crippen LogP contribution in [0.2, 0.25) is 0 Å². The van der Waals surface area contributed by atoms with Gasteiger partial charge in [-0.2, -0.15) is 0 Å². The van der Waals surface area contributed by atoms with Gasteiger partial charge in [0.1, 0.15) is 6.04 Å². The van der Waals surface area contributed by atoms with Crippen molar-refractivity contribution in [1.82, 2.24) is 10.6 Å². The molecule has 0 aliphatic heterocycles. The third-order valence-electron chi connectivity index (χ3n) is 5.30. The maximum absolute atomic E-state index is 12.9. The van der Waals surface area contributed by atoms with Crippen LogP contribution in [0, 0.1) is 0 Å². The zero-order valence-corrected chi connectivity index (χ0v) is 18.7. The van der Waals surface area contributed by atoms with Gasteiger partial charge in [-0.25, -0.2) is 4.79 Å². The van der Waals surface area contributed by atoms with Crippen LogP contribution >= 0.6 is 0 Å². The fourth-order valence-electron chi connectivity index (χ4n) is 3.43. The zero-order chi connectivity index (χ0) is 22.8. The first-order valence-electron chi connectivity index (χ1n) is 11.0. The molecule has 3 N–H and O–H groups in total. The first kappa shape index (κ1) is 23.1. The van der Waals surface area contributed by atoms with Gasteiger partial charge in [-0.15, -0.1) is 0 Å². The molecule has 0 fully saturated rings. The number of hydrogen-bond donors (Lipinski definition) is 3. The molecule has 3 amide bonds. The predicted molar refractivity (Wildman–Crippen MR) is 130 cm³/mol. The van der Waals surface area contributed by atoms with E-state index in [1.165, 1.54) is 5.56 Å². The Kier molecular flexibility index (Phi) is 8.44. The molecule has 0 heterocycles. The molecule has 5 heteroatoms. The predicted octanol–water partition coefficient (Wildman–Crippen LogP) is 4.90. The van der Waals surface area contributed by atoms with Crippen molar-refractivity contribution < 1.29 is 9.59 Å². The van der Waals surface area contributed by atoms with E-state index in [4.69, 9.17) is 0 Å². The van der Waals surface area contributed by atoms with Gasteiger partial charge in [-0.05, 0) is 41.2 Å². The van der Waals surface area contributed by atoms with Crippen LogP contribution in [0.25, 0.3) is 0 Å². The maximum Gasteiger partial charge on any atom is 0.319 e. The maximum atomic E-state index is 12.9. The van der Waals surface area contributed by atoms with Gasteiger partial charge in [0.15, 0.2) is 0 Å². The highest BCUT2D eigenvalue weighted by Gasteiger charge is 2.21.